The summed E-state index contributed by atoms with van der Waals surface area (Å²) in [4.78, 5) is 4.24. The molecule has 0 fully saturated rings. The molecule has 0 aliphatic heterocycles. The van der Waals surface area contributed by atoms with E-state index in [1.807, 2.05) is 24.6 Å². The Labute approximate surface area is 93.1 Å². The van der Waals surface area contributed by atoms with Crippen LogP contribution in [-0.4, -0.2) is 24.7 Å². The van der Waals surface area contributed by atoms with Gasteiger partial charge in [0.1, 0.15) is 0 Å². The lowest BCUT2D eigenvalue weighted by Crippen LogP contribution is -2.08. The van der Waals surface area contributed by atoms with Crippen LogP contribution >= 0.6 is 11.3 Å². The third-order valence-corrected chi connectivity index (χ3v) is 2.90. The van der Waals surface area contributed by atoms with Crippen molar-refractivity contribution in [3.63, 3.8) is 0 Å². The number of aromatic nitrogens is 1. The Morgan fingerprint density at radius 2 is 2.40 bits per heavy atom. The van der Waals surface area contributed by atoms with Crippen molar-refractivity contribution in [1.82, 2.24) is 4.98 Å². The van der Waals surface area contributed by atoms with Gasteiger partial charge in [-0.1, -0.05) is 0 Å². The van der Waals surface area contributed by atoms with Gasteiger partial charge in [-0.05, 0) is 25.1 Å². The fourth-order valence-electron chi connectivity index (χ4n) is 1.38. The largest absolute Gasteiger partial charge is 0.383 e. The van der Waals surface area contributed by atoms with Crippen LogP contribution in [0.15, 0.2) is 23.7 Å². The molecule has 0 saturated heterocycles. The molecule has 1 aromatic carbocycles. The zero-order valence-electron chi connectivity index (χ0n) is 8.69. The second kappa shape index (κ2) is 5.09. The normalized spacial score (nSPS) is 10.7. The van der Waals surface area contributed by atoms with Crippen LogP contribution in [0.4, 0.5) is 5.69 Å². The molecular formula is C11H14N2OS. The molecule has 1 aromatic heterocycles. The molecule has 3 nitrogen and oxygen atoms in total. The van der Waals surface area contributed by atoms with Gasteiger partial charge in [0.25, 0.3) is 0 Å². The summed E-state index contributed by atoms with van der Waals surface area (Å²) >= 11 is 1.66. The van der Waals surface area contributed by atoms with Crippen molar-refractivity contribution >= 4 is 27.2 Å². The number of thiazole rings is 1. The van der Waals surface area contributed by atoms with E-state index >= 15 is 0 Å². The van der Waals surface area contributed by atoms with Crippen LogP contribution in [0.25, 0.3) is 10.2 Å². The lowest BCUT2D eigenvalue weighted by atomic mass is 10.3. The van der Waals surface area contributed by atoms with Gasteiger partial charge in [-0.25, -0.2) is 4.98 Å². The van der Waals surface area contributed by atoms with Crippen molar-refractivity contribution in [2.75, 3.05) is 25.1 Å². The van der Waals surface area contributed by atoms with E-state index in [0.29, 0.717) is 0 Å². The van der Waals surface area contributed by atoms with E-state index < -0.39 is 0 Å². The van der Waals surface area contributed by atoms with Crippen LogP contribution in [0, 0.1) is 0 Å². The summed E-state index contributed by atoms with van der Waals surface area (Å²) in [5, 5.41) is 3.32. The third-order valence-electron chi connectivity index (χ3n) is 2.11. The average Bonchev–Trinajstić information content (AvgIpc) is 2.71. The molecular weight excluding hydrogens is 208 g/mol. The van der Waals surface area contributed by atoms with Gasteiger partial charge in [0, 0.05) is 18.8 Å². The smallest absolute Gasteiger partial charge is 0.0813 e. The van der Waals surface area contributed by atoms with Crippen molar-refractivity contribution in [2.24, 2.45) is 0 Å². The molecule has 2 aromatic rings. The van der Waals surface area contributed by atoms with E-state index in [9.17, 15) is 0 Å². The predicted octanol–water partition coefficient (Wildman–Crippen LogP) is 2.74. The highest BCUT2D eigenvalue weighted by molar-refractivity contribution is 7.16. The number of anilines is 1. The second-order valence-electron chi connectivity index (χ2n) is 3.16. The number of nitrogens with zero attached hydrogens (tertiary/aromatic N) is 1. The summed E-state index contributed by atoms with van der Waals surface area (Å²) in [7, 11) is 0. The van der Waals surface area contributed by atoms with Crippen LogP contribution in [0.2, 0.25) is 0 Å². The van der Waals surface area contributed by atoms with Crippen LogP contribution in [-0.2, 0) is 4.74 Å². The standard InChI is InChI=1S/C11H14N2OS/c1-2-14-6-5-12-9-3-4-10-11(7-9)15-8-13-10/h3-4,7-8,12H,2,5-6H2,1H3. The molecule has 2 rings (SSSR count). The molecule has 0 aliphatic rings. The summed E-state index contributed by atoms with van der Waals surface area (Å²) in [6.07, 6.45) is 0. The zero-order chi connectivity index (χ0) is 10.5. The average molecular weight is 222 g/mol. The highest BCUT2D eigenvalue weighted by atomic mass is 32.1. The summed E-state index contributed by atoms with van der Waals surface area (Å²) < 4.78 is 6.47. The number of rotatable bonds is 5. The SMILES string of the molecule is CCOCCNc1ccc2ncsc2c1. The molecule has 4 heteroatoms. The molecule has 0 atom stereocenters. The van der Waals surface area contributed by atoms with Gasteiger partial charge >= 0.3 is 0 Å². The molecule has 1 heterocycles. The fraction of sp³-hybridized carbons (Fsp3) is 0.364. The van der Waals surface area contributed by atoms with Crippen molar-refractivity contribution in [1.29, 1.82) is 0 Å². The first-order valence-corrected chi connectivity index (χ1v) is 5.93. The van der Waals surface area contributed by atoms with Crippen LogP contribution < -0.4 is 5.32 Å². The lowest BCUT2D eigenvalue weighted by Gasteiger charge is -2.05. The highest BCUT2D eigenvalue weighted by Gasteiger charge is 1.97. The number of benzene rings is 1. The Bertz CT molecular complexity index is 427. The number of ether oxygens (including phenoxy) is 1. The van der Waals surface area contributed by atoms with Gasteiger partial charge in [0.05, 0.1) is 22.3 Å². The van der Waals surface area contributed by atoms with Gasteiger partial charge in [-0.15, -0.1) is 11.3 Å². The van der Waals surface area contributed by atoms with Crippen LogP contribution in [0.1, 0.15) is 6.92 Å². The van der Waals surface area contributed by atoms with Gasteiger partial charge in [0.15, 0.2) is 0 Å². The first-order chi connectivity index (χ1) is 7.40. The van der Waals surface area contributed by atoms with E-state index in [1.54, 1.807) is 11.3 Å². The third kappa shape index (κ3) is 2.67. The molecule has 0 saturated carbocycles. The second-order valence-corrected chi connectivity index (χ2v) is 4.04. The Morgan fingerprint density at radius 1 is 1.47 bits per heavy atom. The van der Waals surface area contributed by atoms with Crippen molar-refractivity contribution in [3.8, 4) is 0 Å². The minimum absolute atomic E-state index is 0.747. The summed E-state index contributed by atoms with van der Waals surface area (Å²) in [5.74, 6) is 0. The van der Waals surface area contributed by atoms with Gasteiger partial charge in [-0.3, -0.25) is 0 Å². The van der Waals surface area contributed by atoms with E-state index in [0.717, 1.165) is 31.0 Å². The zero-order valence-corrected chi connectivity index (χ0v) is 9.51. The molecule has 0 spiro atoms. The van der Waals surface area contributed by atoms with Crippen molar-refractivity contribution in [3.05, 3.63) is 23.7 Å². The maximum atomic E-state index is 5.26. The minimum Gasteiger partial charge on any atom is -0.383 e. The molecule has 0 aliphatic carbocycles. The first-order valence-electron chi connectivity index (χ1n) is 5.05. The summed E-state index contributed by atoms with van der Waals surface area (Å²) in [5.41, 5.74) is 4.07. The topological polar surface area (TPSA) is 34.1 Å². The molecule has 1 N–H and O–H groups in total. The van der Waals surface area contributed by atoms with E-state index in [-0.39, 0.29) is 0 Å². The first kappa shape index (κ1) is 10.4. The molecule has 0 amide bonds. The van der Waals surface area contributed by atoms with Crippen molar-refractivity contribution < 1.29 is 4.74 Å². The molecule has 0 unspecified atom stereocenters. The molecule has 15 heavy (non-hydrogen) atoms. The molecule has 0 radical (unpaired) electrons. The van der Waals surface area contributed by atoms with Gasteiger partial charge in [0.2, 0.25) is 0 Å². The fourth-order valence-corrected chi connectivity index (χ4v) is 2.09. The summed E-state index contributed by atoms with van der Waals surface area (Å²) in [6.45, 7) is 4.37. The quantitative estimate of drug-likeness (QED) is 0.790. The number of hydrogen-bond donors (Lipinski definition) is 1. The monoisotopic (exact) mass is 222 g/mol. The molecule has 80 valence electrons. The Morgan fingerprint density at radius 3 is 3.27 bits per heavy atom. The number of hydrogen-bond acceptors (Lipinski definition) is 4. The van der Waals surface area contributed by atoms with Crippen molar-refractivity contribution in [2.45, 2.75) is 6.92 Å². The van der Waals surface area contributed by atoms with E-state index in [2.05, 4.69) is 16.4 Å². The predicted molar refractivity (Wildman–Crippen MR) is 64.6 cm³/mol. The van der Waals surface area contributed by atoms with Crippen LogP contribution in [0.5, 0.6) is 0 Å². The number of nitrogens with one attached hydrogen (secondary N) is 1. The summed E-state index contributed by atoms with van der Waals surface area (Å²) in [6, 6.07) is 6.21. The Balaban J connectivity index is 1.96. The van der Waals surface area contributed by atoms with E-state index in [1.165, 1.54) is 4.70 Å². The lowest BCUT2D eigenvalue weighted by molar-refractivity contribution is 0.158. The Hall–Kier alpha value is -1.13. The highest BCUT2D eigenvalue weighted by Crippen LogP contribution is 2.21. The molecule has 0 bridgehead atoms. The maximum Gasteiger partial charge on any atom is 0.0813 e. The number of fused-ring (bicyclic) bond motifs is 1. The van der Waals surface area contributed by atoms with E-state index in [4.69, 9.17) is 4.74 Å². The Kier molecular flexibility index (Phi) is 3.53. The van der Waals surface area contributed by atoms with Gasteiger partial charge in [-0.2, -0.15) is 0 Å². The van der Waals surface area contributed by atoms with Crippen LogP contribution in [0.3, 0.4) is 0 Å². The maximum absolute atomic E-state index is 5.26. The van der Waals surface area contributed by atoms with Gasteiger partial charge < -0.3 is 10.1 Å². The minimum atomic E-state index is 0.747.